The van der Waals surface area contributed by atoms with Crippen molar-refractivity contribution in [3.05, 3.63) is 23.4 Å². The Morgan fingerprint density at radius 1 is 1.60 bits per heavy atom. The number of rotatable bonds is 2. The van der Waals surface area contributed by atoms with E-state index in [2.05, 4.69) is 16.8 Å². The van der Waals surface area contributed by atoms with Crippen LogP contribution in [0.5, 0.6) is 0 Å². The first-order chi connectivity index (χ1) is 7.13. The number of nitrogens with zero attached hydrogens (tertiary/aromatic N) is 2. The van der Waals surface area contributed by atoms with E-state index in [1.807, 2.05) is 12.1 Å². The van der Waals surface area contributed by atoms with Crippen LogP contribution >= 0.6 is 11.6 Å². The lowest BCUT2D eigenvalue weighted by Gasteiger charge is -2.22. The Kier molecular flexibility index (Phi) is 2.85. The second-order valence-electron chi connectivity index (χ2n) is 4.46. The number of hydrogen-bond acceptors (Lipinski definition) is 3. The lowest BCUT2D eigenvalue weighted by Crippen LogP contribution is -2.27. The first-order valence-electron chi connectivity index (χ1n) is 5.11. The van der Waals surface area contributed by atoms with Gasteiger partial charge in [0.05, 0.1) is 6.61 Å². The van der Waals surface area contributed by atoms with E-state index < -0.39 is 0 Å². The molecule has 0 aromatic carbocycles. The van der Waals surface area contributed by atoms with Gasteiger partial charge in [0, 0.05) is 18.5 Å². The van der Waals surface area contributed by atoms with Crippen molar-refractivity contribution in [2.75, 3.05) is 24.6 Å². The molecule has 1 unspecified atom stereocenters. The van der Waals surface area contributed by atoms with Gasteiger partial charge in [0.2, 0.25) is 0 Å². The zero-order valence-electron chi connectivity index (χ0n) is 8.78. The Balaban J connectivity index is 2.14. The fraction of sp³-hybridized carbons (Fsp3) is 0.545. The quantitative estimate of drug-likeness (QED) is 0.784. The molecular formula is C11H15ClN2O. The van der Waals surface area contributed by atoms with Gasteiger partial charge in [-0.15, -0.1) is 0 Å². The summed E-state index contributed by atoms with van der Waals surface area (Å²) in [6, 6.07) is 5.63. The number of hydrogen-bond donors (Lipinski definition) is 1. The van der Waals surface area contributed by atoms with Gasteiger partial charge >= 0.3 is 0 Å². The Morgan fingerprint density at radius 3 is 3.00 bits per heavy atom. The van der Waals surface area contributed by atoms with Crippen molar-refractivity contribution in [1.29, 1.82) is 0 Å². The Labute approximate surface area is 94.7 Å². The SMILES string of the molecule is CC1(CO)CCN(c2cccc(Cl)n2)C1. The zero-order valence-corrected chi connectivity index (χ0v) is 9.54. The molecule has 2 heterocycles. The highest BCUT2D eigenvalue weighted by atomic mass is 35.5. The van der Waals surface area contributed by atoms with Gasteiger partial charge < -0.3 is 10.0 Å². The van der Waals surface area contributed by atoms with Gasteiger partial charge in [-0.3, -0.25) is 0 Å². The number of aliphatic hydroxyl groups is 1. The molecule has 1 aliphatic rings. The van der Waals surface area contributed by atoms with Crippen LogP contribution < -0.4 is 4.90 Å². The summed E-state index contributed by atoms with van der Waals surface area (Å²) in [5.41, 5.74) is 0.00397. The zero-order chi connectivity index (χ0) is 10.9. The number of anilines is 1. The van der Waals surface area contributed by atoms with Crippen LogP contribution in [0.4, 0.5) is 5.82 Å². The van der Waals surface area contributed by atoms with Crippen LogP contribution in [-0.2, 0) is 0 Å². The smallest absolute Gasteiger partial charge is 0.131 e. The second kappa shape index (κ2) is 3.99. The van der Waals surface area contributed by atoms with Crippen molar-refractivity contribution in [2.24, 2.45) is 5.41 Å². The molecule has 3 nitrogen and oxygen atoms in total. The molecule has 4 heteroatoms. The van der Waals surface area contributed by atoms with E-state index in [1.54, 1.807) is 6.07 Å². The largest absolute Gasteiger partial charge is 0.396 e. The van der Waals surface area contributed by atoms with Crippen LogP contribution in [0.2, 0.25) is 5.15 Å². The average molecular weight is 227 g/mol. The summed E-state index contributed by atoms with van der Waals surface area (Å²) in [5, 5.41) is 9.79. The van der Waals surface area contributed by atoms with Gasteiger partial charge in [0.1, 0.15) is 11.0 Å². The Bertz CT molecular complexity index is 358. The van der Waals surface area contributed by atoms with Crippen LogP contribution in [-0.4, -0.2) is 29.8 Å². The maximum absolute atomic E-state index is 9.27. The summed E-state index contributed by atoms with van der Waals surface area (Å²) in [4.78, 5) is 6.43. The van der Waals surface area contributed by atoms with E-state index >= 15 is 0 Å². The van der Waals surface area contributed by atoms with Crippen molar-refractivity contribution in [3.63, 3.8) is 0 Å². The number of halogens is 1. The molecule has 0 radical (unpaired) electrons. The van der Waals surface area contributed by atoms with Gasteiger partial charge in [-0.2, -0.15) is 0 Å². The van der Waals surface area contributed by atoms with Crippen LogP contribution in [0, 0.1) is 5.41 Å². The van der Waals surface area contributed by atoms with Crippen molar-refractivity contribution in [1.82, 2.24) is 4.98 Å². The molecule has 1 atom stereocenters. The van der Waals surface area contributed by atoms with Crippen LogP contribution in [0.3, 0.4) is 0 Å². The molecular weight excluding hydrogens is 212 g/mol. The fourth-order valence-electron chi connectivity index (χ4n) is 1.92. The first kappa shape index (κ1) is 10.7. The standard InChI is InChI=1S/C11H15ClN2O/c1-11(8-15)5-6-14(7-11)10-4-2-3-9(12)13-10/h2-4,15H,5-8H2,1H3. The molecule has 82 valence electrons. The number of aromatic nitrogens is 1. The van der Waals surface area contributed by atoms with Gasteiger partial charge in [-0.05, 0) is 18.6 Å². The summed E-state index contributed by atoms with van der Waals surface area (Å²) < 4.78 is 0. The predicted molar refractivity (Wildman–Crippen MR) is 61.3 cm³/mol. The van der Waals surface area contributed by atoms with Gasteiger partial charge in [-0.25, -0.2) is 4.98 Å². The summed E-state index contributed by atoms with van der Waals surface area (Å²) in [6.07, 6.45) is 0.998. The molecule has 2 rings (SSSR count). The molecule has 0 aliphatic carbocycles. The summed E-state index contributed by atoms with van der Waals surface area (Å²) in [5.74, 6) is 0.902. The van der Waals surface area contributed by atoms with Crippen molar-refractivity contribution in [2.45, 2.75) is 13.3 Å². The van der Waals surface area contributed by atoms with Crippen LogP contribution in [0.1, 0.15) is 13.3 Å². The summed E-state index contributed by atoms with van der Waals surface area (Å²) in [7, 11) is 0. The highest BCUT2D eigenvalue weighted by Gasteiger charge is 2.33. The molecule has 1 N–H and O–H groups in total. The van der Waals surface area contributed by atoms with Gasteiger partial charge in [0.15, 0.2) is 0 Å². The third-order valence-electron chi connectivity index (χ3n) is 2.96. The van der Waals surface area contributed by atoms with Gasteiger partial charge in [-0.1, -0.05) is 24.6 Å². The maximum Gasteiger partial charge on any atom is 0.131 e. The lowest BCUT2D eigenvalue weighted by molar-refractivity contribution is 0.162. The van der Waals surface area contributed by atoms with Crippen molar-refractivity contribution >= 4 is 17.4 Å². The molecule has 1 aromatic heterocycles. The van der Waals surface area contributed by atoms with Crippen molar-refractivity contribution < 1.29 is 5.11 Å². The summed E-state index contributed by atoms with van der Waals surface area (Å²) >= 11 is 5.84. The van der Waals surface area contributed by atoms with Crippen LogP contribution in [0.25, 0.3) is 0 Å². The number of aliphatic hydroxyl groups excluding tert-OH is 1. The van der Waals surface area contributed by atoms with E-state index in [-0.39, 0.29) is 12.0 Å². The highest BCUT2D eigenvalue weighted by Crippen LogP contribution is 2.31. The number of pyridine rings is 1. The molecule has 1 aromatic rings. The maximum atomic E-state index is 9.27. The summed E-state index contributed by atoms with van der Waals surface area (Å²) in [6.45, 7) is 4.10. The highest BCUT2D eigenvalue weighted by molar-refractivity contribution is 6.29. The van der Waals surface area contributed by atoms with Crippen LogP contribution in [0.15, 0.2) is 18.2 Å². The van der Waals surface area contributed by atoms with E-state index in [4.69, 9.17) is 11.6 Å². The van der Waals surface area contributed by atoms with E-state index in [1.165, 1.54) is 0 Å². The first-order valence-corrected chi connectivity index (χ1v) is 5.49. The third-order valence-corrected chi connectivity index (χ3v) is 3.17. The molecule has 1 saturated heterocycles. The second-order valence-corrected chi connectivity index (χ2v) is 4.85. The topological polar surface area (TPSA) is 36.4 Å². The minimum atomic E-state index is 0.00397. The molecule has 0 saturated carbocycles. The minimum Gasteiger partial charge on any atom is -0.396 e. The Hall–Kier alpha value is -0.800. The van der Waals surface area contributed by atoms with E-state index in [0.717, 1.165) is 25.3 Å². The predicted octanol–water partition coefficient (Wildman–Crippen LogP) is 1.94. The average Bonchev–Trinajstić information content (AvgIpc) is 2.62. The van der Waals surface area contributed by atoms with Crippen molar-refractivity contribution in [3.8, 4) is 0 Å². The van der Waals surface area contributed by atoms with Gasteiger partial charge in [0.25, 0.3) is 0 Å². The molecule has 1 aliphatic heterocycles. The molecule has 0 spiro atoms. The molecule has 1 fully saturated rings. The normalized spacial score (nSPS) is 25.9. The lowest BCUT2D eigenvalue weighted by atomic mass is 9.91. The monoisotopic (exact) mass is 226 g/mol. The van der Waals surface area contributed by atoms with E-state index in [9.17, 15) is 5.11 Å². The third kappa shape index (κ3) is 2.24. The molecule has 0 bridgehead atoms. The molecule has 15 heavy (non-hydrogen) atoms. The minimum absolute atomic E-state index is 0.00397. The van der Waals surface area contributed by atoms with E-state index in [0.29, 0.717) is 5.15 Å². The molecule has 0 amide bonds. The Morgan fingerprint density at radius 2 is 2.40 bits per heavy atom. The fourth-order valence-corrected chi connectivity index (χ4v) is 2.08.